The number of hydrogen-bond acceptors (Lipinski definition) is 5. The Balaban J connectivity index is 1.84. The Labute approximate surface area is 194 Å². The fourth-order valence-electron chi connectivity index (χ4n) is 2.91. The van der Waals surface area contributed by atoms with Crippen molar-refractivity contribution >= 4 is 56.2 Å². The number of hydrogen-bond donors (Lipinski definition) is 1. The highest BCUT2D eigenvalue weighted by atomic mass is 35.5. The van der Waals surface area contributed by atoms with Gasteiger partial charge in [-0.3, -0.25) is 19.2 Å². The van der Waals surface area contributed by atoms with E-state index in [9.17, 15) is 23.3 Å². The molecule has 0 radical (unpaired) electrons. The number of carbonyl (C=O) groups excluding carboxylic acids is 1. The second-order valence-electron chi connectivity index (χ2n) is 6.78. The number of amides is 1. The van der Waals surface area contributed by atoms with Gasteiger partial charge in [0, 0.05) is 39.0 Å². The second-order valence-corrected chi connectivity index (χ2v) is 9.50. The van der Waals surface area contributed by atoms with Crippen LogP contribution in [0.1, 0.15) is 15.9 Å². The molecule has 166 valence electrons. The number of carbonyl (C=O) groups is 1. The maximum Gasteiger partial charge on any atom is 0.271 e. The number of anilines is 2. The molecular formula is C21H17Cl2N3O5S. The Morgan fingerprint density at radius 1 is 1.03 bits per heavy atom. The molecule has 0 heterocycles. The van der Waals surface area contributed by atoms with Crippen LogP contribution >= 0.6 is 23.2 Å². The maximum absolute atomic E-state index is 12.5. The Morgan fingerprint density at radius 2 is 1.62 bits per heavy atom. The van der Waals surface area contributed by atoms with E-state index in [1.54, 1.807) is 18.2 Å². The van der Waals surface area contributed by atoms with Crippen LogP contribution in [-0.4, -0.2) is 25.5 Å². The van der Waals surface area contributed by atoms with Crippen molar-refractivity contribution in [1.29, 1.82) is 0 Å². The van der Waals surface area contributed by atoms with Gasteiger partial charge in [-0.15, -0.1) is 0 Å². The smallest absolute Gasteiger partial charge is 0.271 e. The zero-order valence-electron chi connectivity index (χ0n) is 16.7. The third-order valence-electron chi connectivity index (χ3n) is 4.50. The van der Waals surface area contributed by atoms with Crippen LogP contribution < -0.4 is 9.62 Å². The van der Waals surface area contributed by atoms with Crippen LogP contribution in [0.4, 0.5) is 17.1 Å². The first-order valence-corrected chi connectivity index (χ1v) is 11.7. The lowest BCUT2D eigenvalue weighted by Crippen LogP contribution is -2.29. The first-order chi connectivity index (χ1) is 15.1. The molecule has 0 aliphatic rings. The van der Waals surface area contributed by atoms with Crippen molar-refractivity contribution in [3.8, 4) is 0 Å². The third-order valence-corrected chi connectivity index (χ3v) is 6.34. The summed E-state index contributed by atoms with van der Waals surface area (Å²) < 4.78 is 25.9. The summed E-state index contributed by atoms with van der Waals surface area (Å²) in [4.78, 5) is 22.8. The Morgan fingerprint density at radius 3 is 2.19 bits per heavy atom. The summed E-state index contributed by atoms with van der Waals surface area (Å²) in [5.41, 5.74) is 1.12. The van der Waals surface area contributed by atoms with Crippen LogP contribution in [0.3, 0.4) is 0 Å². The van der Waals surface area contributed by atoms with Crippen LogP contribution in [0.2, 0.25) is 10.0 Å². The van der Waals surface area contributed by atoms with Gasteiger partial charge in [-0.2, -0.15) is 0 Å². The van der Waals surface area contributed by atoms with Crippen LogP contribution in [-0.2, 0) is 16.6 Å². The van der Waals surface area contributed by atoms with E-state index in [4.69, 9.17) is 23.2 Å². The zero-order valence-corrected chi connectivity index (χ0v) is 19.0. The summed E-state index contributed by atoms with van der Waals surface area (Å²) in [6.45, 7) is -0.0867. The van der Waals surface area contributed by atoms with Gasteiger partial charge < -0.3 is 5.32 Å². The minimum Gasteiger partial charge on any atom is -0.322 e. The van der Waals surface area contributed by atoms with Gasteiger partial charge in [0.15, 0.2) is 0 Å². The highest BCUT2D eigenvalue weighted by Crippen LogP contribution is 2.29. The lowest BCUT2D eigenvalue weighted by Gasteiger charge is -2.23. The number of nitro groups is 1. The molecule has 0 saturated heterocycles. The van der Waals surface area contributed by atoms with Gasteiger partial charge in [-0.05, 0) is 42.5 Å². The number of halogens is 2. The number of sulfonamides is 1. The molecule has 0 unspecified atom stereocenters. The third kappa shape index (κ3) is 5.56. The number of nitrogens with zero attached hydrogens (tertiary/aromatic N) is 2. The molecular weight excluding hydrogens is 477 g/mol. The zero-order chi connectivity index (χ0) is 23.5. The molecule has 0 bridgehead atoms. The minimum atomic E-state index is -3.69. The molecule has 1 N–H and O–H groups in total. The highest BCUT2D eigenvalue weighted by Gasteiger charge is 2.21. The minimum absolute atomic E-state index is 0.0867. The van der Waals surface area contributed by atoms with Gasteiger partial charge in [0.05, 0.1) is 23.4 Å². The molecule has 3 aromatic rings. The molecule has 0 fully saturated rings. The van der Waals surface area contributed by atoms with Gasteiger partial charge in [0.1, 0.15) is 0 Å². The molecule has 0 aliphatic heterocycles. The number of nitrogens with one attached hydrogen (secondary N) is 1. The lowest BCUT2D eigenvalue weighted by molar-refractivity contribution is -0.384. The van der Waals surface area contributed by atoms with E-state index in [2.05, 4.69) is 5.32 Å². The molecule has 11 heteroatoms. The second kappa shape index (κ2) is 9.56. The summed E-state index contributed by atoms with van der Waals surface area (Å²) in [7, 11) is -3.69. The number of nitro benzene ring substituents is 1. The van der Waals surface area contributed by atoms with Crippen molar-refractivity contribution in [3.63, 3.8) is 0 Å². The average molecular weight is 494 g/mol. The van der Waals surface area contributed by atoms with E-state index < -0.39 is 20.9 Å². The van der Waals surface area contributed by atoms with Crippen molar-refractivity contribution in [2.75, 3.05) is 15.9 Å². The monoisotopic (exact) mass is 493 g/mol. The van der Waals surface area contributed by atoms with E-state index >= 15 is 0 Å². The molecule has 32 heavy (non-hydrogen) atoms. The maximum atomic E-state index is 12.5. The fraction of sp³-hybridized carbons (Fsp3) is 0.0952. The van der Waals surface area contributed by atoms with Gasteiger partial charge in [-0.25, -0.2) is 8.42 Å². The molecule has 0 spiro atoms. The molecule has 1 amide bonds. The molecule has 0 atom stereocenters. The van der Waals surface area contributed by atoms with E-state index in [0.717, 1.165) is 10.6 Å². The van der Waals surface area contributed by atoms with Crippen LogP contribution in [0.5, 0.6) is 0 Å². The first kappa shape index (κ1) is 23.5. The standard InChI is InChI=1S/C21H17Cl2N3O5S/c1-32(30,31)25(13-18-19(22)6-3-7-20(18)23)16-10-8-14(9-11-16)21(27)24-15-4-2-5-17(12-15)26(28)29/h2-12H,13H2,1H3,(H,24,27). The van der Waals surface area contributed by atoms with E-state index in [0.29, 0.717) is 21.3 Å². The number of non-ortho nitro benzene ring substituents is 1. The highest BCUT2D eigenvalue weighted by molar-refractivity contribution is 7.92. The van der Waals surface area contributed by atoms with Gasteiger partial charge in [-0.1, -0.05) is 35.3 Å². The van der Waals surface area contributed by atoms with Crippen molar-refractivity contribution in [2.45, 2.75) is 6.54 Å². The van der Waals surface area contributed by atoms with Crippen molar-refractivity contribution in [1.82, 2.24) is 0 Å². The summed E-state index contributed by atoms with van der Waals surface area (Å²) in [6, 6.07) is 16.3. The number of benzene rings is 3. The fourth-order valence-corrected chi connectivity index (χ4v) is 4.29. The molecule has 0 saturated carbocycles. The first-order valence-electron chi connectivity index (χ1n) is 9.13. The predicted molar refractivity (Wildman–Crippen MR) is 125 cm³/mol. The number of rotatable bonds is 7. The average Bonchev–Trinajstić information content (AvgIpc) is 2.73. The summed E-state index contributed by atoms with van der Waals surface area (Å²) in [6.07, 6.45) is 1.06. The molecule has 3 rings (SSSR count). The molecule has 0 aliphatic carbocycles. The van der Waals surface area contributed by atoms with Crippen LogP contribution in [0.25, 0.3) is 0 Å². The summed E-state index contributed by atoms with van der Waals surface area (Å²) >= 11 is 12.4. The molecule has 0 aromatic heterocycles. The lowest BCUT2D eigenvalue weighted by atomic mass is 10.1. The van der Waals surface area contributed by atoms with Crippen LogP contribution in [0.15, 0.2) is 66.7 Å². The quantitative estimate of drug-likeness (QED) is 0.362. The Kier molecular flexibility index (Phi) is 7.02. The summed E-state index contributed by atoms with van der Waals surface area (Å²) in [5, 5.41) is 14.1. The van der Waals surface area contributed by atoms with E-state index in [1.165, 1.54) is 48.5 Å². The predicted octanol–water partition coefficient (Wildman–Crippen LogP) is 5.12. The Bertz CT molecular complexity index is 1260. The normalized spacial score (nSPS) is 11.1. The Hall–Kier alpha value is -3.14. The SMILES string of the molecule is CS(=O)(=O)N(Cc1c(Cl)cccc1Cl)c1ccc(C(=O)Nc2cccc([N+](=O)[O-])c2)cc1. The van der Waals surface area contributed by atoms with Gasteiger partial charge >= 0.3 is 0 Å². The van der Waals surface area contributed by atoms with E-state index in [1.807, 2.05) is 0 Å². The molecule has 3 aromatic carbocycles. The molecule has 8 nitrogen and oxygen atoms in total. The summed E-state index contributed by atoms with van der Waals surface area (Å²) in [5.74, 6) is -0.503. The van der Waals surface area contributed by atoms with Gasteiger partial charge in [0.2, 0.25) is 10.0 Å². The topological polar surface area (TPSA) is 110 Å². The van der Waals surface area contributed by atoms with Crippen molar-refractivity contribution in [3.05, 3.63) is 98.0 Å². The van der Waals surface area contributed by atoms with Crippen molar-refractivity contribution < 1.29 is 18.1 Å². The van der Waals surface area contributed by atoms with Crippen LogP contribution in [0, 0.1) is 10.1 Å². The van der Waals surface area contributed by atoms with Crippen molar-refractivity contribution in [2.24, 2.45) is 0 Å². The van der Waals surface area contributed by atoms with Gasteiger partial charge in [0.25, 0.3) is 11.6 Å². The van der Waals surface area contributed by atoms with E-state index in [-0.39, 0.29) is 23.5 Å². The largest absolute Gasteiger partial charge is 0.322 e.